The number of benzene rings is 1. The van der Waals surface area contributed by atoms with Gasteiger partial charge in [0.25, 0.3) is 0 Å². The van der Waals surface area contributed by atoms with E-state index in [2.05, 4.69) is 35.1 Å². The Hall–Kier alpha value is -1.87. The Morgan fingerprint density at radius 1 is 1.06 bits per heavy atom. The molecule has 0 radical (unpaired) electrons. The number of nitrogens with two attached hydrogens (primary N) is 1. The molecule has 18 heavy (non-hydrogen) atoms. The van der Waals surface area contributed by atoms with Gasteiger partial charge >= 0.3 is 0 Å². The van der Waals surface area contributed by atoms with E-state index in [1.165, 1.54) is 11.1 Å². The largest absolute Gasteiger partial charge is 0.399 e. The molecule has 0 fully saturated rings. The number of rotatable bonds is 4. The molecule has 0 aliphatic heterocycles. The van der Waals surface area contributed by atoms with Crippen LogP contribution in [0.4, 0.5) is 5.69 Å². The van der Waals surface area contributed by atoms with E-state index in [-0.39, 0.29) is 0 Å². The fraction of sp³-hybridized carbons (Fsp3) is 0.267. The van der Waals surface area contributed by atoms with Crippen molar-refractivity contribution in [1.82, 2.24) is 9.88 Å². The lowest BCUT2D eigenvalue weighted by atomic mass is 10.1. The first-order valence-electron chi connectivity index (χ1n) is 6.07. The fourth-order valence-electron chi connectivity index (χ4n) is 1.96. The van der Waals surface area contributed by atoms with Crippen LogP contribution in [0.3, 0.4) is 0 Å². The molecule has 0 saturated carbocycles. The van der Waals surface area contributed by atoms with Gasteiger partial charge in [-0.2, -0.15) is 0 Å². The van der Waals surface area contributed by atoms with Crippen molar-refractivity contribution in [2.24, 2.45) is 0 Å². The van der Waals surface area contributed by atoms with Gasteiger partial charge in [-0.05, 0) is 48.9 Å². The van der Waals surface area contributed by atoms with Crippen molar-refractivity contribution < 1.29 is 0 Å². The molecule has 2 rings (SSSR count). The molecule has 3 heteroatoms. The third-order valence-corrected chi connectivity index (χ3v) is 3.00. The maximum Gasteiger partial charge on any atom is 0.0346 e. The molecule has 0 spiro atoms. The summed E-state index contributed by atoms with van der Waals surface area (Å²) in [7, 11) is 2.11. The number of nitrogen functional groups attached to an aromatic ring is 1. The highest BCUT2D eigenvalue weighted by Gasteiger charge is 2.03. The van der Waals surface area contributed by atoms with Crippen LogP contribution in [0.15, 0.2) is 42.7 Å². The van der Waals surface area contributed by atoms with Crippen molar-refractivity contribution >= 4 is 5.69 Å². The third-order valence-electron chi connectivity index (χ3n) is 3.00. The zero-order valence-electron chi connectivity index (χ0n) is 10.9. The molecule has 0 amide bonds. The Morgan fingerprint density at radius 3 is 2.39 bits per heavy atom. The summed E-state index contributed by atoms with van der Waals surface area (Å²) < 4.78 is 0. The van der Waals surface area contributed by atoms with Crippen LogP contribution >= 0.6 is 0 Å². The van der Waals surface area contributed by atoms with Gasteiger partial charge in [0.2, 0.25) is 0 Å². The van der Waals surface area contributed by atoms with Crippen LogP contribution in [0.25, 0.3) is 0 Å². The number of pyridine rings is 1. The summed E-state index contributed by atoms with van der Waals surface area (Å²) >= 11 is 0. The molecule has 0 saturated heterocycles. The summed E-state index contributed by atoms with van der Waals surface area (Å²) in [6.07, 6.45) is 3.65. The first-order chi connectivity index (χ1) is 8.65. The molecule has 0 unspecified atom stereocenters. The van der Waals surface area contributed by atoms with E-state index in [0.717, 1.165) is 24.3 Å². The second-order valence-corrected chi connectivity index (χ2v) is 4.72. The van der Waals surface area contributed by atoms with Crippen molar-refractivity contribution in [1.29, 1.82) is 0 Å². The van der Waals surface area contributed by atoms with Crippen molar-refractivity contribution in [2.45, 2.75) is 20.0 Å². The topological polar surface area (TPSA) is 42.2 Å². The van der Waals surface area contributed by atoms with E-state index >= 15 is 0 Å². The standard InChI is InChI=1S/C15H19N3/c1-12-3-4-14(9-15(12)16)11-18(2)10-13-5-7-17-8-6-13/h3-9H,10-11,16H2,1-2H3. The van der Waals surface area contributed by atoms with E-state index in [1.807, 2.05) is 31.5 Å². The number of anilines is 1. The van der Waals surface area contributed by atoms with Gasteiger partial charge in [-0.1, -0.05) is 12.1 Å². The van der Waals surface area contributed by atoms with Crippen LogP contribution in [-0.2, 0) is 13.1 Å². The molecule has 1 aromatic carbocycles. The van der Waals surface area contributed by atoms with E-state index in [0.29, 0.717) is 0 Å². The first-order valence-corrected chi connectivity index (χ1v) is 6.07. The maximum absolute atomic E-state index is 5.92. The predicted octanol–water partition coefficient (Wildman–Crippen LogP) is 2.60. The van der Waals surface area contributed by atoms with Crippen LogP contribution in [-0.4, -0.2) is 16.9 Å². The number of nitrogens with zero attached hydrogens (tertiary/aromatic N) is 2. The average molecular weight is 241 g/mol. The fourth-order valence-corrected chi connectivity index (χ4v) is 1.96. The van der Waals surface area contributed by atoms with E-state index in [4.69, 9.17) is 5.73 Å². The number of aromatic nitrogens is 1. The number of aryl methyl sites for hydroxylation is 1. The summed E-state index contributed by atoms with van der Waals surface area (Å²) in [5.74, 6) is 0. The van der Waals surface area contributed by atoms with Crippen molar-refractivity contribution in [3.05, 3.63) is 59.4 Å². The lowest BCUT2D eigenvalue weighted by Crippen LogP contribution is -2.17. The van der Waals surface area contributed by atoms with Gasteiger partial charge in [0.05, 0.1) is 0 Å². The van der Waals surface area contributed by atoms with Gasteiger partial charge in [0.15, 0.2) is 0 Å². The minimum Gasteiger partial charge on any atom is -0.399 e. The maximum atomic E-state index is 5.92. The van der Waals surface area contributed by atoms with E-state index in [9.17, 15) is 0 Å². The Morgan fingerprint density at radius 2 is 1.72 bits per heavy atom. The monoisotopic (exact) mass is 241 g/mol. The SMILES string of the molecule is Cc1ccc(CN(C)Cc2ccncc2)cc1N. The number of hydrogen-bond acceptors (Lipinski definition) is 3. The molecule has 1 heterocycles. The van der Waals surface area contributed by atoms with Gasteiger partial charge < -0.3 is 5.73 Å². The van der Waals surface area contributed by atoms with Crippen LogP contribution in [0, 0.1) is 6.92 Å². The molecular weight excluding hydrogens is 222 g/mol. The third kappa shape index (κ3) is 3.31. The lowest BCUT2D eigenvalue weighted by molar-refractivity contribution is 0.319. The summed E-state index contributed by atoms with van der Waals surface area (Å²) in [4.78, 5) is 6.29. The molecule has 0 aliphatic carbocycles. The summed E-state index contributed by atoms with van der Waals surface area (Å²) in [6.45, 7) is 3.84. The molecule has 0 aliphatic rings. The van der Waals surface area contributed by atoms with Crippen molar-refractivity contribution in [3.8, 4) is 0 Å². The average Bonchev–Trinajstić information content (AvgIpc) is 2.35. The summed E-state index contributed by atoms with van der Waals surface area (Å²) in [6, 6.07) is 10.3. The van der Waals surface area contributed by atoms with Crippen molar-refractivity contribution in [2.75, 3.05) is 12.8 Å². The van der Waals surface area contributed by atoms with Crippen LogP contribution in [0.1, 0.15) is 16.7 Å². The Labute approximate surface area is 108 Å². The second kappa shape index (κ2) is 5.65. The minimum absolute atomic E-state index is 0.866. The van der Waals surface area contributed by atoms with E-state index in [1.54, 1.807) is 0 Å². The smallest absolute Gasteiger partial charge is 0.0346 e. The molecule has 94 valence electrons. The zero-order chi connectivity index (χ0) is 13.0. The Bertz CT molecular complexity index is 508. The molecule has 0 atom stereocenters. The van der Waals surface area contributed by atoms with Crippen LogP contribution in [0.5, 0.6) is 0 Å². The van der Waals surface area contributed by atoms with Gasteiger partial charge in [0, 0.05) is 31.2 Å². The normalized spacial score (nSPS) is 10.8. The summed E-state index contributed by atoms with van der Waals surface area (Å²) in [5.41, 5.74) is 10.4. The molecule has 1 aromatic heterocycles. The molecular formula is C15H19N3. The highest BCUT2D eigenvalue weighted by atomic mass is 15.1. The zero-order valence-corrected chi connectivity index (χ0v) is 10.9. The molecule has 2 N–H and O–H groups in total. The highest BCUT2D eigenvalue weighted by Crippen LogP contribution is 2.15. The van der Waals surface area contributed by atoms with E-state index < -0.39 is 0 Å². The highest BCUT2D eigenvalue weighted by molar-refractivity contribution is 5.48. The van der Waals surface area contributed by atoms with Gasteiger partial charge in [-0.25, -0.2) is 0 Å². The predicted molar refractivity (Wildman–Crippen MR) is 75.0 cm³/mol. The molecule has 0 bridgehead atoms. The van der Waals surface area contributed by atoms with Gasteiger partial charge in [-0.3, -0.25) is 9.88 Å². The Balaban J connectivity index is 1.99. The minimum atomic E-state index is 0.866. The van der Waals surface area contributed by atoms with Crippen molar-refractivity contribution in [3.63, 3.8) is 0 Å². The van der Waals surface area contributed by atoms with Crippen LogP contribution < -0.4 is 5.73 Å². The van der Waals surface area contributed by atoms with Gasteiger partial charge in [-0.15, -0.1) is 0 Å². The first kappa shape index (κ1) is 12.6. The van der Waals surface area contributed by atoms with Gasteiger partial charge in [0.1, 0.15) is 0 Å². The quantitative estimate of drug-likeness (QED) is 0.837. The molecule has 2 aromatic rings. The molecule has 3 nitrogen and oxygen atoms in total. The number of hydrogen-bond donors (Lipinski definition) is 1. The van der Waals surface area contributed by atoms with Crippen LogP contribution in [0.2, 0.25) is 0 Å². The summed E-state index contributed by atoms with van der Waals surface area (Å²) in [5, 5.41) is 0. The second-order valence-electron chi connectivity index (χ2n) is 4.72. The lowest BCUT2D eigenvalue weighted by Gasteiger charge is -2.17. The Kier molecular flexibility index (Phi) is 3.95.